The molecule has 0 spiro atoms. The Morgan fingerprint density at radius 3 is 2.13 bits per heavy atom. The van der Waals surface area contributed by atoms with Crippen molar-refractivity contribution in [3.63, 3.8) is 0 Å². The molecule has 2 aliphatic rings. The molecule has 0 unspecified atom stereocenters. The fourth-order valence-corrected chi connectivity index (χ4v) is 5.49. The van der Waals surface area contributed by atoms with Crippen molar-refractivity contribution in [2.75, 3.05) is 32.7 Å². The van der Waals surface area contributed by atoms with Crippen molar-refractivity contribution in [1.82, 2.24) is 14.1 Å². The summed E-state index contributed by atoms with van der Waals surface area (Å²) in [4.78, 5) is 28.9. The van der Waals surface area contributed by atoms with Crippen LogP contribution in [0.3, 0.4) is 0 Å². The summed E-state index contributed by atoms with van der Waals surface area (Å²) < 4.78 is 33.0. The maximum absolute atomic E-state index is 13.2. The van der Waals surface area contributed by atoms with Crippen molar-refractivity contribution in [3.8, 4) is 0 Å². The minimum Gasteiger partial charge on any atom is -0.444 e. The summed E-state index contributed by atoms with van der Waals surface area (Å²) in [5.74, 6) is -0.182. The Bertz CT molecular complexity index is 858. The van der Waals surface area contributed by atoms with Gasteiger partial charge in [-0.25, -0.2) is 13.2 Å². The van der Waals surface area contributed by atoms with Crippen LogP contribution in [-0.4, -0.2) is 78.9 Å². The largest absolute Gasteiger partial charge is 0.444 e. The standard InChI is InChI=1S/C21H31N3O5S/c1-21(2,3)29-20(26)23-15-13-22(14-16-23)19(25)18-11-7-8-12-24(18)30(27,28)17-9-5-4-6-10-17/h4-6,9-10,18H,7-8,11-16H2,1-3H3/t18-/m1/s1. The van der Waals surface area contributed by atoms with Gasteiger partial charge in [-0.2, -0.15) is 4.31 Å². The number of rotatable bonds is 3. The lowest BCUT2D eigenvalue weighted by Crippen LogP contribution is -2.58. The van der Waals surface area contributed by atoms with Gasteiger partial charge in [-0.1, -0.05) is 24.6 Å². The first-order valence-electron chi connectivity index (χ1n) is 10.4. The Hall–Kier alpha value is -2.13. The SMILES string of the molecule is CC(C)(C)OC(=O)N1CCN(C(=O)[C@H]2CCCCN2S(=O)(=O)c2ccccc2)CC1. The van der Waals surface area contributed by atoms with Crippen LogP contribution in [0.15, 0.2) is 35.2 Å². The zero-order chi connectivity index (χ0) is 21.9. The van der Waals surface area contributed by atoms with Gasteiger partial charge in [-0.05, 0) is 45.7 Å². The molecule has 1 atom stereocenters. The number of hydrogen-bond donors (Lipinski definition) is 0. The van der Waals surface area contributed by atoms with Crippen LogP contribution in [0.4, 0.5) is 4.79 Å². The Labute approximate surface area is 178 Å². The Balaban J connectivity index is 1.68. The van der Waals surface area contributed by atoms with E-state index in [0.717, 1.165) is 12.8 Å². The second-order valence-electron chi connectivity index (χ2n) is 8.73. The van der Waals surface area contributed by atoms with Gasteiger partial charge in [0, 0.05) is 32.7 Å². The van der Waals surface area contributed by atoms with Crippen LogP contribution in [-0.2, 0) is 19.6 Å². The first kappa shape index (κ1) is 22.6. The summed E-state index contributed by atoms with van der Waals surface area (Å²) in [6.45, 7) is 7.27. The third-order valence-corrected chi connectivity index (χ3v) is 7.25. The molecule has 2 aliphatic heterocycles. The van der Waals surface area contributed by atoms with E-state index in [0.29, 0.717) is 39.1 Å². The van der Waals surface area contributed by atoms with E-state index in [1.54, 1.807) is 40.1 Å². The molecule has 2 fully saturated rings. The third-order valence-electron chi connectivity index (χ3n) is 5.33. The van der Waals surface area contributed by atoms with Crippen LogP contribution in [0.25, 0.3) is 0 Å². The van der Waals surface area contributed by atoms with Crippen LogP contribution in [0, 0.1) is 0 Å². The summed E-state index contributed by atoms with van der Waals surface area (Å²) in [6.07, 6.45) is 1.68. The number of piperidine rings is 1. The van der Waals surface area contributed by atoms with E-state index < -0.39 is 21.7 Å². The lowest BCUT2D eigenvalue weighted by molar-refractivity contribution is -0.138. The summed E-state index contributed by atoms with van der Waals surface area (Å²) in [5.41, 5.74) is -0.571. The molecule has 166 valence electrons. The zero-order valence-corrected chi connectivity index (χ0v) is 18.7. The highest BCUT2D eigenvalue weighted by molar-refractivity contribution is 7.89. The molecule has 0 aliphatic carbocycles. The molecule has 2 saturated heterocycles. The average Bonchev–Trinajstić information content (AvgIpc) is 2.73. The number of ether oxygens (including phenoxy) is 1. The number of carbonyl (C=O) groups is 2. The molecule has 1 aromatic carbocycles. The number of benzene rings is 1. The van der Waals surface area contributed by atoms with Gasteiger partial charge in [0.2, 0.25) is 15.9 Å². The minimum absolute atomic E-state index is 0.182. The topological polar surface area (TPSA) is 87.2 Å². The van der Waals surface area contributed by atoms with Gasteiger partial charge in [0.05, 0.1) is 4.90 Å². The van der Waals surface area contributed by atoms with Crippen molar-refractivity contribution in [2.45, 2.75) is 56.6 Å². The molecule has 8 nitrogen and oxygen atoms in total. The fourth-order valence-electron chi connectivity index (χ4n) is 3.81. The third kappa shape index (κ3) is 5.13. The second kappa shape index (κ2) is 8.93. The van der Waals surface area contributed by atoms with Crippen LogP contribution < -0.4 is 0 Å². The molecule has 0 aromatic heterocycles. The van der Waals surface area contributed by atoms with E-state index in [2.05, 4.69) is 0 Å². The molecule has 9 heteroatoms. The van der Waals surface area contributed by atoms with E-state index in [9.17, 15) is 18.0 Å². The Kier molecular flexibility index (Phi) is 6.71. The van der Waals surface area contributed by atoms with E-state index in [-0.39, 0.29) is 16.9 Å². The predicted octanol–water partition coefficient (Wildman–Crippen LogP) is 2.31. The maximum Gasteiger partial charge on any atom is 0.410 e. The van der Waals surface area contributed by atoms with E-state index >= 15 is 0 Å². The van der Waals surface area contributed by atoms with Crippen molar-refractivity contribution in [2.24, 2.45) is 0 Å². The smallest absolute Gasteiger partial charge is 0.410 e. The van der Waals surface area contributed by atoms with E-state index in [4.69, 9.17) is 4.74 Å². The lowest BCUT2D eigenvalue weighted by Gasteiger charge is -2.40. The first-order chi connectivity index (χ1) is 14.1. The number of nitrogens with zero attached hydrogens (tertiary/aromatic N) is 3. The average molecular weight is 438 g/mol. The van der Waals surface area contributed by atoms with Gasteiger partial charge in [0.1, 0.15) is 11.6 Å². The molecule has 0 saturated carbocycles. The van der Waals surface area contributed by atoms with Gasteiger partial charge in [-0.3, -0.25) is 4.79 Å². The highest BCUT2D eigenvalue weighted by Crippen LogP contribution is 2.27. The minimum atomic E-state index is -3.74. The molecule has 3 rings (SSSR count). The van der Waals surface area contributed by atoms with Crippen molar-refractivity contribution in [1.29, 1.82) is 0 Å². The predicted molar refractivity (Wildman–Crippen MR) is 112 cm³/mol. The molecular formula is C21H31N3O5S. The van der Waals surface area contributed by atoms with E-state index in [1.165, 1.54) is 4.31 Å². The summed E-state index contributed by atoms with van der Waals surface area (Å²) in [6, 6.07) is 7.56. The Morgan fingerprint density at radius 2 is 1.53 bits per heavy atom. The maximum atomic E-state index is 13.2. The summed E-state index contributed by atoms with van der Waals surface area (Å²) in [5, 5.41) is 0. The molecule has 0 N–H and O–H groups in total. The van der Waals surface area contributed by atoms with E-state index in [1.807, 2.05) is 20.8 Å². The number of sulfonamides is 1. The van der Waals surface area contributed by atoms with Crippen molar-refractivity contribution in [3.05, 3.63) is 30.3 Å². The summed E-state index contributed by atoms with van der Waals surface area (Å²) >= 11 is 0. The quantitative estimate of drug-likeness (QED) is 0.724. The molecule has 2 heterocycles. The molecule has 2 amide bonds. The number of hydrogen-bond acceptors (Lipinski definition) is 5. The number of piperazine rings is 1. The Morgan fingerprint density at radius 1 is 0.933 bits per heavy atom. The fraction of sp³-hybridized carbons (Fsp3) is 0.619. The monoisotopic (exact) mass is 437 g/mol. The molecule has 30 heavy (non-hydrogen) atoms. The highest BCUT2D eigenvalue weighted by atomic mass is 32.2. The normalized spacial score (nSPS) is 21.4. The van der Waals surface area contributed by atoms with Crippen LogP contribution in [0.5, 0.6) is 0 Å². The van der Waals surface area contributed by atoms with Gasteiger partial charge >= 0.3 is 6.09 Å². The van der Waals surface area contributed by atoms with Gasteiger partial charge < -0.3 is 14.5 Å². The van der Waals surface area contributed by atoms with Crippen LogP contribution in [0.1, 0.15) is 40.0 Å². The summed E-state index contributed by atoms with van der Waals surface area (Å²) in [7, 11) is -3.74. The number of amides is 2. The van der Waals surface area contributed by atoms with Crippen molar-refractivity contribution < 1.29 is 22.7 Å². The zero-order valence-electron chi connectivity index (χ0n) is 17.9. The highest BCUT2D eigenvalue weighted by Gasteiger charge is 2.40. The second-order valence-corrected chi connectivity index (χ2v) is 10.6. The van der Waals surface area contributed by atoms with Crippen molar-refractivity contribution >= 4 is 22.0 Å². The molecular weight excluding hydrogens is 406 g/mol. The van der Waals surface area contributed by atoms with Gasteiger partial charge in [0.15, 0.2) is 0 Å². The van der Waals surface area contributed by atoms with Gasteiger partial charge in [0.25, 0.3) is 0 Å². The lowest BCUT2D eigenvalue weighted by atomic mass is 10.0. The first-order valence-corrected chi connectivity index (χ1v) is 11.9. The van der Waals surface area contributed by atoms with Crippen LogP contribution in [0.2, 0.25) is 0 Å². The molecule has 0 radical (unpaired) electrons. The molecule has 0 bridgehead atoms. The number of carbonyl (C=O) groups excluding carboxylic acids is 2. The van der Waals surface area contributed by atoms with Crippen LogP contribution >= 0.6 is 0 Å². The molecule has 1 aromatic rings. The van der Waals surface area contributed by atoms with Gasteiger partial charge in [-0.15, -0.1) is 0 Å².